The standard InChI is InChI=1S/C21H26BrNO2/c1-6-19(18-8-7-13(2)9-14(18)3)23-20(24)12-25-17-10-15(4)21(22)16(5)11-17/h7-11,19H,6,12H2,1-5H3,(H,23,24)/t19-/m1/s1. The summed E-state index contributed by atoms with van der Waals surface area (Å²) in [6, 6.07) is 10.2. The zero-order chi connectivity index (χ0) is 18.6. The van der Waals surface area contributed by atoms with Crippen LogP contribution >= 0.6 is 15.9 Å². The smallest absolute Gasteiger partial charge is 0.258 e. The molecule has 0 aliphatic rings. The fourth-order valence-corrected chi connectivity index (χ4v) is 3.22. The number of carbonyl (C=O) groups excluding carboxylic acids is 1. The van der Waals surface area contributed by atoms with Gasteiger partial charge in [-0.3, -0.25) is 4.79 Å². The molecule has 0 unspecified atom stereocenters. The Morgan fingerprint density at radius 3 is 2.28 bits per heavy atom. The summed E-state index contributed by atoms with van der Waals surface area (Å²) >= 11 is 3.54. The summed E-state index contributed by atoms with van der Waals surface area (Å²) in [4.78, 5) is 12.3. The number of hydrogen-bond donors (Lipinski definition) is 1. The third-order valence-corrected chi connectivity index (χ3v) is 5.57. The quantitative estimate of drug-likeness (QED) is 0.707. The predicted octanol–water partition coefficient (Wildman–Crippen LogP) is 5.33. The first-order valence-electron chi connectivity index (χ1n) is 8.57. The molecule has 134 valence electrons. The van der Waals surface area contributed by atoms with Crippen molar-refractivity contribution in [3.05, 3.63) is 62.6 Å². The van der Waals surface area contributed by atoms with E-state index < -0.39 is 0 Å². The van der Waals surface area contributed by atoms with Crippen LogP contribution in [0, 0.1) is 27.7 Å². The number of hydrogen-bond acceptors (Lipinski definition) is 2. The molecule has 0 saturated heterocycles. The van der Waals surface area contributed by atoms with Crippen molar-refractivity contribution < 1.29 is 9.53 Å². The third kappa shape index (κ3) is 5.08. The normalized spacial score (nSPS) is 11.9. The van der Waals surface area contributed by atoms with Gasteiger partial charge in [-0.1, -0.05) is 46.6 Å². The van der Waals surface area contributed by atoms with E-state index in [4.69, 9.17) is 4.74 Å². The molecular weight excluding hydrogens is 378 g/mol. The van der Waals surface area contributed by atoms with Gasteiger partial charge >= 0.3 is 0 Å². The van der Waals surface area contributed by atoms with Crippen molar-refractivity contribution in [2.45, 2.75) is 47.1 Å². The zero-order valence-corrected chi connectivity index (χ0v) is 17.2. The summed E-state index contributed by atoms with van der Waals surface area (Å²) in [5.41, 5.74) is 5.78. The van der Waals surface area contributed by atoms with E-state index in [1.807, 2.05) is 26.0 Å². The molecule has 0 radical (unpaired) electrons. The molecular formula is C21H26BrNO2. The number of benzene rings is 2. The Bertz CT molecular complexity index is 747. The van der Waals surface area contributed by atoms with Crippen LogP contribution < -0.4 is 10.1 Å². The lowest BCUT2D eigenvalue weighted by Crippen LogP contribution is -2.32. The van der Waals surface area contributed by atoms with Crippen LogP contribution in [0.5, 0.6) is 5.75 Å². The van der Waals surface area contributed by atoms with Gasteiger partial charge in [-0.2, -0.15) is 0 Å². The van der Waals surface area contributed by atoms with Crippen molar-refractivity contribution in [1.29, 1.82) is 0 Å². The Morgan fingerprint density at radius 2 is 1.72 bits per heavy atom. The average Bonchev–Trinajstić information content (AvgIpc) is 2.56. The van der Waals surface area contributed by atoms with E-state index in [2.05, 4.69) is 60.2 Å². The van der Waals surface area contributed by atoms with E-state index in [1.165, 1.54) is 11.1 Å². The van der Waals surface area contributed by atoms with Crippen molar-refractivity contribution in [2.75, 3.05) is 6.61 Å². The maximum atomic E-state index is 12.3. The second-order valence-corrected chi connectivity index (χ2v) is 7.34. The fraction of sp³-hybridized carbons (Fsp3) is 0.381. The van der Waals surface area contributed by atoms with Crippen LogP contribution in [0.2, 0.25) is 0 Å². The first kappa shape index (κ1) is 19.5. The van der Waals surface area contributed by atoms with E-state index in [0.29, 0.717) is 5.75 Å². The SMILES string of the molecule is CC[C@@H](NC(=O)COc1cc(C)c(Br)c(C)c1)c1ccc(C)cc1C. The minimum absolute atomic E-state index is 0.00471. The van der Waals surface area contributed by atoms with Crippen molar-refractivity contribution in [1.82, 2.24) is 5.32 Å². The molecule has 0 spiro atoms. The Hall–Kier alpha value is -1.81. The molecule has 2 aromatic rings. The maximum Gasteiger partial charge on any atom is 0.258 e. The fourth-order valence-electron chi connectivity index (χ4n) is 2.99. The Morgan fingerprint density at radius 1 is 1.08 bits per heavy atom. The molecule has 0 aromatic heterocycles. The molecule has 0 heterocycles. The number of ether oxygens (including phenoxy) is 1. The average molecular weight is 404 g/mol. The summed E-state index contributed by atoms with van der Waals surface area (Å²) in [7, 11) is 0. The molecule has 1 N–H and O–H groups in total. The molecule has 1 atom stereocenters. The van der Waals surface area contributed by atoms with Crippen LogP contribution in [0.1, 0.15) is 47.2 Å². The number of halogens is 1. The minimum atomic E-state index is -0.106. The topological polar surface area (TPSA) is 38.3 Å². The molecule has 0 saturated carbocycles. The molecule has 1 amide bonds. The van der Waals surface area contributed by atoms with E-state index in [9.17, 15) is 4.79 Å². The first-order valence-corrected chi connectivity index (χ1v) is 9.37. The van der Waals surface area contributed by atoms with Gasteiger partial charge in [0.05, 0.1) is 6.04 Å². The van der Waals surface area contributed by atoms with Gasteiger partial charge in [-0.15, -0.1) is 0 Å². The second-order valence-electron chi connectivity index (χ2n) is 6.55. The van der Waals surface area contributed by atoms with Crippen LogP contribution in [0.15, 0.2) is 34.8 Å². The van der Waals surface area contributed by atoms with Gasteiger partial charge in [0.2, 0.25) is 0 Å². The highest BCUT2D eigenvalue weighted by Gasteiger charge is 2.15. The first-order chi connectivity index (χ1) is 11.8. The molecule has 0 aliphatic carbocycles. The summed E-state index contributed by atoms with van der Waals surface area (Å²) in [6.07, 6.45) is 0.839. The highest BCUT2D eigenvalue weighted by atomic mass is 79.9. The second kappa shape index (κ2) is 8.52. The lowest BCUT2D eigenvalue weighted by molar-refractivity contribution is -0.123. The van der Waals surface area contributed by atoms with Gasteiger partial charge in [0.15, 0.2) is 6.61 Å². The molecule has 0 fully saturated rings. The summed E-state index contributed by atoms with van der Waals surface area (Å²) in [5, 5.41) is 3.08. The molecule has 2 rings (SSSR count). The van der Waals surface area contributed by atoms with Gasteiger partial charge in [0.25, 0.3) is 5.91 Å². The molecule has 0 bridgehead atoms. The van der Waals surface area contributed by atoms with Crippen LogP contribution in [0.3, 0.4) is 0 Å². The number of amides is 1. The molecule has 0 aliphatic heterocycles. The highest BCUT2D eigenvalue weighted by Crippen LogP contribution is 2.26. The Kier molecular flexibility index (Phi) is 6.65. The van der Waals surface area contributed by atoms with Crippen molar-refractivity contribution in [3.63, 3.8) is 0 Å². The third-order valence-electron chi connectivity index (χ3n) is 4.32. The molecule has 2 aromatic carbocycles. The zero-order valence-electron chi connectivity index (χ0n) is 15.6. The van der Waals surface area contributed by atoms with Gasteiger partial charge in [-0.05, 0) is 68.5 Å². The molecule has 4 heteroatoms. The summed E-state index contributed by atoms with van der Waals surface area (Å²) in [5.74, 6) is 0.609. The largest absolute Gasteiger partial charge is 0.484 e. The Balaban J connectivity index is 2.01. The maximum absolute atomic E-state index is 12.3. The number of aryl methyl sites for hydroxylation is 4. The van der Waals surface area contributed by atoms with Crippen molar-refractivity contribution in [2.24, 2.45) is 0 Å². The highest BCUT2D eigenvalue weighted by molar-refractivity contribution is 9.10. The van der Waals surface area contributed by atoms with E-state index >= 15 is 0 Å². The Labute approximate surface area is 158 Å². The van der Waals surface area contributed by atoms with E-state index in [0.717, 1.165) is 27.6 Å². The number of nitrogens with one attached hydrogen (secondary N) is 1. The van der Waals surface area contributed by atoms with Crippen LogP contribution in [-0.4, -0.2) is 12.5 Å². The lowest BCUT2D eigenvalue weighted by atomic mass is 9.97. The van der Waals surface area contributed by atoms with Crippen LogP contribution in [0.25, 0.3) is 0 Å². The van der Waals surface area contributed by atoms with E-state index in [1.54, 1.807) is 0 Å². The monoisotopic (exact) mass is 403 g/mol. The van der Waals surface area contributed by atoms with Gasteiger partial charge in [-0.25, -0.2) is 0 Å². The van der Waals surface area contributed by atoms with Gasteiger partial charge in [0.1, 0.15) is 5.75 Å². The number of carbonyl (C=O) groups is 1. The molecule has 3 nitrogen and oxygen atoms in total. The number of rotatable bonds is 6. The van der Waals surface area contributed by atoms with Gasteiger partial charge in [0, 0.05) is 4.47 Å². The summed E-state index contributed by atoms with van der Waals surface area (Å²) in [6.45, 7) is 10.3. The molecule has 25 heavy (non-hydrogen) atoms. The van der Waals surface area contributed by atoms with Crippen molar-refractivity contribution >= 4 is 21.8 Å². The van der Waals surface area contributed by atoms with Gasteiger partial charge < -0.3 is 10.1 Å². The minimum Gasteiger partial charge on any atom is -0.484 e. The predicted molar refractivity (Wildman–Crippen MR) is 106 cm³/mol. The summed E-state index contributed by atoms with van der Waals surface area (Å²) < 4.78 is 6.76. The lowest BCUT2D eigenvalue weighted by Gasteiger charge is -2.20. The van der Waals surface area contributed by atoms with E-state index in [-0.39, 0.29) is 18.6 Å². The van der Waals surface area contributed by atoms with Crippen LogP contribution in [-0.2, 0) is 4.79 Å². The van der Waals surface area contributed by atoms with Crippen LogP contribution in [0.4, 0.5) is 0 Å². The van der Waals surface area contributed by atoms with Crippen molar-refractivity contribution in [3.8, 4) is 5.75 Å².